The number of nitrogens with two attached hydrogens (primary N) is 1. The van der Waals surface area contributed by atoms with E-state index in [9.17, 15) is 4.79 Å². The molecule has 0 saturated heterocycles. The number of carbonyl (C=O) groups is 1. The molecule has 0 amide bonds. The lowest BCUT2D eigenvalue weighted by Gasteiger charge is -2.08. The monoisotopic (exact) mass is 225 g/mol. The van der Waals surface area contributed by atoms with E-state index in [-0.39, 0.29) is 5.56 Å². The first-order chi connectivity index (χ1) is 7.00. The van der Waals surface area contributed by atoms with Gasteiger partial charge < -0.3 is 10.8 Å². The average Bonchev–Trinajstić information content (AvgIpc) is 2.16. The Morgan fingerprint density at radius 1 is 1.53 bits per heavy atom. The van der Waals surface area contributed by atoms with E-state index in [1.54, 1.807) is 23.9 Å². The predicted molar refractivity (Wildman–Crippen MR) is 63.4 cm³/mol. The molecule has 82 valence electrons. The summed E-state index contributed by atoms with van der Waals surface area (Å²) in [7, 11) is 0. The quantitative estimate of drug-likeness (QED) is 0.611. The highest BCUT2D eigenvalue weighted by Crippen LogP contribution is 2.27. The van der Waals surface area contributed by atoms with Crippen molar-refractivity contribution in [1.82, 2.24) is 0 Å². The van der Waals surface area contributed by atoms with Crippen LogP contribution in [-0.2, 0) is 0 Å². The minimum Gasteiger partial charge on any atom is -0.478 e. The van der Waals surface area contributed by atoms with E-state index in [0.717, 1.165) is 10.6 Å². The molecule has 0 radical (unpaired) electrons. The number of thioether (sulfide) groups is 1. The van der Waals surface area contributed by atoms with E-state index in [1.165, 1.54) is 6.07 Å². The lowest BCUT2D eigenvalue weighted by molar-refractivity contribution is 0.0696. The summed E-state index contributed by atoms with van der Waals surface area (Å²) in [6.07, 6.45) is 0. The van der Waals surface area contributed by atoms with Crippen LogP contribution in [0, 0.1) is 5.92 Å². The van der Waals surface area contributed by atoms with Crippen LogP contribution in [0.3, 0.4) is 0 Å². The van der Waals surface area contributed by atoms with Crippen LogP contribution in [0.1, 0.15) is 24.2 Å². The Morgan fingerprint density at radius 2 is 2.20 bits per heavy atom. The Hall–Kier alpha value is -1.16. The second-order valence-corrected chi connectivity index (χ2v) is 4.82. The van der Waals surface area contributed by atoms with Crippen LogP contribution in [0.25, 0.3) is 0 Å². The summed E-state index contributed by atoms with van der Waals surface area (Å²) in [6.45, 7) is 4.23. The molecule has 1 aromatic rings. The molecule has 0 bridgehead atoms. The van der Waals surface area contributed by atoms with Gasteiger partial charge in [-0.3, -0.25) is 0 Å². The van der Waals surface area contributed by atoms with Crippen LogP contribution in [-0.4, -0.2) is 16.8 Å². The maximum atomic E-state index is 10.8. The topological polar surface area (TPSA) is 63.3 Å². The van der Waals surface area contributed by atoms with Gasteiger partial charge in [0.2, 0.25) is 0 Å². The molecule has 0 aliphatic carbocycles. The highest BCUT2D eigenvalue weighted by molar-refractivity contribution is 7.99. The van der Waals surface area contributed by atoms with Gasteiger partial charge in [-0.1, -0.05) is 13.8 Å². The molecule has 0 heterocycles. The predicted octanol–water partition coefficient (Wildman–Crippen LogP) is 2.72. The summed E-state index contributed by atoms with van der Waals surface area (Å²) in [5.74, 6) is 0.581. The van der Waals surface area contributed by atoms with Crippen LogP contribution in [0.4, 0.5) is 5.69 Å². The molecule has 0 aromatic heterocycles. The first-order valence-electron chi connectivity index (χ1n) is 4.76. The fourth-order valence-electron chi connectivity index (χ4n) is 1.05. The molecule has 1 rings (SSSR count). The summed E-state index contributed by atoms with van der Waals surface area (Å²) in [4.78, 5) is 11.6. The van der Waals surface area contributed by atoms with Crippen LogP contribution in [0.15, 0.2) is 23.1 Å². The number of hydrogen-bond acceptors (Lipinski definition) is 3. The van der Waals surface area contributed by atoms with Gasteiger partial charge in [0.1, 0.15) is 0 Å². The molecule has 1 aromatic carbocycles. The van der Waals surface area contributed by atoms with Crippen LogP contribution in [0.2, 0.25) is 0 Å². The van der Waals surface area contributed by atoms with Crippen LogP contribution >= 0.6 is 11.8 Å². The number of hydrogen-bond donors (Lipinski definition) is 2. The fourth-order valence-corrected chi connectivity index (χ4v) is 2.01. The van der Waals surface area contributed by atoms with Gasteiger partial charge in [-0.2, -0.15) is 0 Å². The summed E-state index contributed by atoms with van der Waals surface area (Å²) in [6, 6.07) is 4.80. The van der Waals surface area contributed by atoms with Crippen molar-refractivity contribution in [2.24, 2.45) is 5.92 Å². The van der Waals surface area contributed by atoms with Crippen molar-refractivity contribution < 1.29 is 9.90 Å². The Bertz CT molecular complexity index is 364. The van der Waals surface area contributed by atoms with Crippen LogP contribution in [0.5, 0.6) is 0 Å². The van der Waals surface area contributed by atoms with Crippen molar-refractivity contribution in [3.05, 3.63) is 23.8 Å². The third kappa shape index (κ3) is 3.47. The standard InChI is InChI=1S/C11H15NO2S/c1-7(2)6-15-10-5-8(11(13)14)3-4-9(10)12/h3-5,7H,6,12H2,1-2H3,(H,13,14). The zero-order chi connectivity index (χ0) is 11.4. The molecule has 0 unspecified atom stereocenters. The molecule has 15 heavy (non-hydrogen) atoms. The molecule has 0 fully saturated rings. The summed E-state index contributed by atoms with van der Waals surface area (Å²) in [5, 5.41) is 8.83. The Balaban J connectivity index is 2.85. The number of rotatable bonds is 4. The Labute approximate surface area is 93.7 Å². The molecule has 3 N–H and O–H groups in total. The number of anilines is 1. The molecule has 0 spiro atoms. The zero-order valence-electron chi connectivity index (χ0n) is 8.86. The van der Waals surface area contributed by atoms with Gasteiger partial charge in [-0.25, -0.2) is 4.79 Å². The Kier molecular flexibility index (Phi) is 4.03. The Morgan fingerprint density at radius 3 is 2.73 bits per heavy atom. The number of carboxylic acids is 1. The first-order valence-corrected chi connectivity index (χ1v) is 5.75. The summed E-state index contributed by atoms with van der Waals surface area (Å²) >= 11 is 1.60. The number of aromatic carboxylic acids is 1. The molecule has 0 saturated carbocycles. The highest BCUT2D eigenvalue weighted by Gasteiger charge is 2.07. The third-order valence-corrected chi connectivity index (χ3v) is 3.33. The summed E-state index contributed by atoms with van der Waals surface area (Å²) in [5.41, 5.74) is 6.69. The van der Waals surface area contributed by atoms with E-state index < -0.39 is 5.97 Å². The van der Waals surface area contributed by atoms with Crippen molar-refractivity contribution in [3.63, 3.8) is 0 Å². The van der Waals surface area contributed by atoms with E-state index >= 15 is 0 Å². The lowest BCUT2D eigenvalue weighted by atomic mass is 10.2. The smallest absolute Gasteiger partial charge is 0.335 e. The third-order valence-electron chi connectivity index (χ3n) is 1.83. The maximum Gasteiger partial charge on any atom is 0.335 e. The number of carboxylic acid groups (broad SMARTS) is 1. The largest absolute Gasteiger partial charge is 0.478 e. The van der Waals surface area contributed by atoms with Gasteiger partial charge in [0, 0.05) is 16.3 Å². The fraction of sp³-hybridized carbons (Fsp3) is 0.364. The second kappa shape index (κ2) is 5.07. The molecule has 0 aliphatic rings. The highest BCUT2D eigenvalue weighted by atomic mass is 32.2. The van der Waals surface area contributed by atoms with Crippen molar-refractivity contribution >= 4 is 23.4 Å². The van der Waals surface area contributed by atoms with Gasteiger partial charge in [0.15, 0.2) is 0 Å². The SMILES string of the molecule is CC(C)CSc1cc(C(=O)O)ccc1N. The van der Waals surface area contributed by atoms with Gasteiger partial charge >= 0.3 is 5.97 Å². The van der Waals surface area contributed by atoms with Gasteiger partial charge in [0.05, 0.1) is 5.56 Å². The van der Waals surface area contributed by atoms with E-state index in [0.29, 0.717) is 11.6 Å². The minimum atomic E-state index is -0.915. The van der Waals surface area contributed by atoms with Gasteiger partial charge in [-0.05, 0) is 24.1 Å². The molecule has 4 heteroatoms. The lowest BCUT2D eigenvalue weighted by Crippen LogP contribution is -1.99. The van der Waals surface area contributed by atoms with E-state index in [4.69, 9.17) is 10.8 Å². The molecule has 0 atom stereocenters. The normalized spacial score (nSPS) is 10.6. The van der Waals surface area contributed by atoms with Crippen molar-refractivity contribution in [2.75, 3.05) is 11.5 Å². The number of nitrogen functional groups attached to an aromatic ring is 1. The molecule has 3 nitrogen and oxygen atoms in total. The minimum absolute atomic E-state index is 0.287. The van der Waals surface area contributed by atoms with Gasteiger partial charge in [-0.15, -0.1) is 11.8 Å². The van der Waals surface area contributed by atoms with Crippen molar-refractivity contribution in [2.45, 2.75) is 18.7 Å². The van der Waals surface area contributed by atoms with Crippen molar-refractivity contribution in [3.8, 4) is 0 Å². The van der Waals surface area contributed by atoms with E-state index in [2.05, 4.69) is 13.8 Å². The second-order valence-electron chi connectivity index (χ2n) is 3.76. The van der Waals surface area contributed by atoms with E-state index in [1.807, 2.05) is 0 Å². The van der Waals surface area contributed by atoms with Crippen LogP contribution < -0.4 is 5.73 Å². The summed E-state index contributed by atoms with van der Waals surface area (Å²) < 4.78 is 0. The van der Waals surface area contributed by atoms with Gasteiger partial charge in [0.25, 0.3) is 0 Å². The molecule has 0 aliphatic heterocycles. The first kappa shape index (κ1) is 11.9. The number of benzene rings is 1. The average molecular weight is 225 g/mol. The molecular weight excluding hydrogens is 210 g/mol. The molecular formula is C11H15NO2S. The van der Waals surface area contributed by atoms with Crippen molar-refractivity contribution in [1.29, 1.82) is 0 Å². The zero-order valence-corrected chi connectivity index (χ0v) is 9.67. The maximum absolute atomic E-state index is 10.8.